The van der Waals surface area contributed by atoms with Crippen molar-refractivity contribution in [3.05, 3.63) is 47.7 Å². The van der Waals surface area contributed by atoms with E-state index in [9.17, 15) is 15.0 Å². The average Bonchev–Trinajstić information content (AvgIpc) is 3.75. The molecule has 224 valence electrons. The second-order valence-electron chi connectivity index (χ2n) is 9.83. The fourth-order valence-electron chi connectivity index (χ4n) is 5.35. The SMILES string of the molecule is Nc1ncnc2c1ncn2[C@@H]1S[C@@H]2CO[P@](S)O[C@@H]3[C@H](O)[C@@H](COPOC[C@H]2[C@H]1O)O[C@H]3n1ccc(=O)n2ccnc12. The zero-order chi connectivity index (χ0) is 29.0. The molecule has 4 aromatic rings. The number of thiol groups is 1. The van der Waals surface area contributed by atoms with Crippen molar-refractivity contribution < 1.29 is 33.0 Å². The van der Waals surface area contributed by atoms with Gasteiger partial charge >= 0.3 is 0 Å². The molecule has 3 fully saturated rings. The lowest BCUT2D eigenvalue weighted by Gasteiger charge is -2.26. The fraction of sp³-hybridized carbons (Fsp3) is 0.500. The highest BCUT2D eigenvalue weighted by Crippen LogP contribution is 2.52. The van der Waals surface area contributed by atoms with Gasteiger partial charge in [-0.1, -0.05) is 12.2 Å². The maximum Gasteiger partial charge on any atom is 0.258 e. The third kappa shape index (κ3) is 5.12. The second kappa shape index (κ2) is 11.9. The highest BCUT2D eigenvalue weighted by Gasteiger charge is 2.49. The molecule has 0 spiro atoms. The molecular formula is C22H26N8O8P2S2. The standard InChI is InChI=1S/C22H26N8O8P2S2/c23-18-14-19(26-8-25-18)30(9-27-14)21-15(32)10-5-34-39-35-6-11-16(33)17(38-40(41)36-7-12(10)42-21)20(37-11)29-3-1-13(31)28-4-2-24-22(28)29/h1-4,8-12,15-17,20-21,32-33,39,41H,5-7H2,(H2,23,25,26)/t10-,11-,12-,15-,16-,17-,20-,21-,40+/m1/s1. The van der Waals surface area contributed by atoms with E-state index in [1.165, 1.54) is 34.8 Å². The molecule has 42 heavy (non-hydrogen) atoms. The number of aliphatic hydroxyl groups is 2. The molecular weight excluding hydrogens is 630 g/mol. The van der Waals surface area contributed by atoms with Crippen molar-refractivity contribution in [2.75, 3.05) is 25.6 Å². The van der Waals surface area contributed by atoms with Crippen molar-refractivity contribution in [2.45, 2.75) is 41.3 Å². The molecule has 4 N–H and O–H groups in total. The Morgan fingerprint density at radius 2 is 1.95 bits per heavy atom. The van der Waals surface area contributed by atoms with E-state index in [1.807, 2.05) is 0 Å². The summed E-state index contributed by atoms with van der Waals surface area (Å²) in [6, 6.07) is 1.38. The lowest BCUT2D eigenvalue weighted by atomic mass is 10.00. The highest BCUT2D eigenvalue weighted by atomic mass is 32.7. The summed E-state index contributed by atoms with van der Waals surface area (Å²) in [4.78, 5) is 29.2. The van der Waals surface area contributed by atoms with Crippen molar-refractivity contribution in [3.8, 4) is 0 Å². The Kier molecular flexibility index (Phi) is 8.13. The molecule has 20 heteroatoms. The third-order valence-electron chi connectivity index (χ3n) is 7.44. The van der Waals surface area contributed by atoms with Gasteiger partial charge in [-0.2, -0.15) is 0 Å². The summed E-state index contributed by atoms with van der Waals surface area (Å²) in [6.45, 7) is 0.388. The predicted octanol–water partition coefficient (Wildman–Crippen LogP) is 0.881. The monoisotopic (exact) mass is 656 g/mol. The van der Waals surface area contributed by atoms with Gasteiger partial charge in [-0.05, 0) is 0 Å². The Morgan fingerprint density at radius 1 is 1.10 bits per heavy atom. The van der Waals surface area contributed by atoms with Crippen LogP contribution in [0.2, 0.25) is 0 Å². The Bertz CT molecular complexity index is 1640. The highest BCUT2D eigenvalue weighted by molar-refractivity contribution is 8.41. The zero-order valence-corrected chi connectivity index (χ0v) is 25.2. The van der Waals surface area contributed by atoms with Crippen molar-refractivity contribution in [2.24, 2.45) is 5.92 Å². The van der Waals surface area contributed by atoms with Gasteiger partial charge in [-0.25, -0.2) is 19.9 Å². The molecule has 16 nitrogen and oxygen atoms in total. The molecule has 7 heterocycles. The molecule has 0 aliphatic carbocycles. The van der Waals surface area contributed by atoms with Crippen LogP contribution in [0.15, 0.2) is 42.1 Å². The number of nitrogens with zero attached hydrogens (tertiary/aromatic N) is 7. The van der Waals surface area contributed by atoms with Crippen LogP contribution in [0.4, 0.5) is 5.82 Å². The third-order valence-corrected chi connectivity index (χ3v) is 11.1. The first-order valence-electron chi connectivity index (χ1n) is 12.8. The minimum Gasteiger partial charge on any atom is -0.390 e. The maximum absolute atomic E-state index is 12.3. The van der Waals surface area contributed by atoms with Crippen molar-refractivity contribution in [1.82, 2.24) is 33.5 Å². The number of rotatable bonds is 2. The Labute approximate surface area is 249 Å². The smallest absolute Gasteiger partial charge is 0.258 e. The van der Waals surface area contributed by atoms with Crippen LogP contribution >= 0.6 is 40.6 Å². The van der Waals surface area contributed by atoms with Crippen LogP contribution < -0.4 is 11.3 Å². The summed E-state index contributed by atoms with van der Waals surface area (Å²) in [6.07, 6.45) is 3.09. The normalized spacial score (nSPS) is 35.1. The van der Waals surface area contributed by atoms with Gasteiger partial charge < -0.3 is 38.8 Å². The number of aromatic nitrogens is 7. The van der Waals surface area contributed by atoms with E-state index in [2.05, 4.69) is 32.2 Å². The van der Waals surface area contributed by atoms with E-state index in [1.54, 1.807) is 27.9 Å². The number of thioether (sulfide) groups is 1. The average molecular weight is 657 g/mol. The Balaban J connectivity index is 1.13. The van der Waals surface area contributed by atoms with Crippen LogP contribution in [0.3, 0.4) is 0 Å². The second-order valence-corrected chi connectivity index (χ2v) is 13.9. The first-order chi connectivity index (χ1) is 20.4. The number of imidazole rings is 2. The first-order valence-corrected chi connectivity index (χ1v) is 16.9. The van der Waals surface area contributed by atoms with Gasteiger partial charge in [0.1, 0.15) is 35.5 Å². The van der Waals surface area contributed by atoms with Crippen LogP contribution in [-0.2, 0) is 22.8 Å². The summed E-state index contributed by atoms with van der Waals surface area (Å²) in [5.41, 5.74) is 6.68. The van der Waals surface area contributed by atoms with Gasteiger partial charge in [-0.15, -0.1) is 11.8 Å². The lowest BCUT2D eigenvalue weighted by Crippen LogP contribution is -2.35. The molecule has 7 rings (SSSR count). The molecule has 0 aromatic carbocycles. The summed E-state index contributed by atoms with van der Waals surface area (Å²) < 4.78 is 34.8. The summed E-state index contributed by atoms with van der Waals surface area (Å²) in [5.74, 6) is 0.257. The largest absolute Gasteiger partial charge is 0.390 e. The van der Waals surface area contributed by atoms with Gasteiger partial charge in [0, 0.05) is 35.8 Å². The lowest BCUT2D eigenvalue weighted by molar-refractivity contribution is -0.0444. The number of nitrogens with two attached hydrogens (primary N) is 1. The van der Waals surface area contributed by atoms with Crippen molar-refractivity contribution in [3.63, 3.8) is 0 Å². The van der Waals surface area contributed by atoms with E-state index in [-0.39, 0.29) is 51.4 Å². The summed E-state index contributed by atoms with van der Waals surface area (Å²) in [7, 11) is -2.18. The van der Waals surface area contributed by atoms with E-state index in [0.29, 0.717) is 16.9 Å². The molecule has 2 bridgehead atoms. The number of hydrogen-bond acceptors (Lipinski definition) is 15. The van der Waals surface area contributed by atoms with E-state index in [4.69, 9.17) is 28.6 Å². The molecule has 4 aromatic heterocycles. The Morgan fingerprint density at radius 3 is 2.83 bits per heavy atom. The van der Waals surface area contributed by atoms with Gasteiger partial charge in [0.05, 0.1) is 32.3 Å². The minimum absolute atomic E-state index is 0.0163. The van der Waals surface area contributed by atoms with Crippen LogP contribution in [0.1, 0.15) is 11.6 Å². The van der Waals surface area contributed by atoms with Crippen LogP contribution in [0, 0.1) is 5.92 Å². The molecule has 1 unspecified atom stereocenters. The number of hydrogen-bond donors (Lipinski definition) is 4. The van der Waals surface area contributed by atoms with Gasteiger partial charge in [0.15, 0.2) is 26.7 Å². The quantitative estimate of drug-likeness (QED) is 0.175. The van der Waals surface area contributed by atoms with E-state index in [0.717, 1.165) is 0 Å². The molecule has 0 radical (unpaired) electrons. The Hall–Kier alpha value is -1.95. The molecule has 0 saturated carbocycles. The zero-order valence-electron chi connectivity index (χ0n) is 21.6. The minimum atomic E-state index is -1.81. The molecule has 3 saturated heterocycles. The van der Waals surface area contributed by atoms with E-state index < -0.39 is 43.6 Å². The molecule has 10 atom stereocenters. The van der Waals surface area contributed by atoms with Crippen LogP contribution in [0.25, 0.3) is 16.9 Å². The van der Waals surface area contributed by atoms with E-state index >= 15 is 0 Å². The number of nitrogen functional groups attached to an aromatic ring is 1. The van der Waals surface area contributed by atoms with Gasteiger partial charge in [-0.3, -0.25) is 18.3 Å². The number of anilines is 1. The number of aliphatic hydroxyl groups excluding tert-OH is 2. The number of ether oxygens (including phenoxy) is 1. The number of fused-ring (bicyclic) bond motifs is 5. The first kappa shape index (κ1) is 28.8. The van der Waals surface area contributed by atoms with Gasteiger partial charge in [0.2, 0.25) is 13.4 Å². The van der Waals surface area contributed by atoms with Crippen molar-refractivity contribution in [1.29, 1.82) is 0 Å². The molecule has 0 amide bonds. The van der Waals surface area contributed by atoms with Crippen molar-refractivity contribution >= 4 is 63.4 Å². The topological polar surface area (TPSA) is 196 Å². The molecule has 3 aliphatic rings. The maximum atomic E-state index is 12.3. The van der Waals surface area contributed by atoms with Gasteiger partial charge in [0.25, 0.3) is 5.56 Å². The molecule has 3 aliphatic heterocycles. The predicted molar refractivity (Wildman–Crippen MR) is 156 cm³/mol. The fourth-order valence-corrected chi connectivity index (χ4v) is 8.93. The van der Waals surface area contributed by atoms with Crippen LogP contribution in [0.5, 0.6) is 0 Å². The van der Waals surface area contributed by atoms with Crippen LogP contribution in [-0.4, -0.2) is 93.2 Å². The summed E-state index contributed by atoms with van der Waals surface area (Å²) >= 11 is 6.05. The summed E-state index contributed by atoms with van der Waals surface area (Å²) in [5, 5.41) is 21.9.